The molecule has 8 heteroatoms. The minimum atomic E-state index is -0.299. The van der Waals surface area contributed by atoms with E-state index in [1.807, 2.05) is 48.0 Å². The molecule has 0 bridgehead atoms. The number of nitrogens with zero attached hydrogens (tertiary/aromatic N) is 3. The smallest absolute Gasteiger partial charge is 0.240 e. The van der Waals surface area contributed by atoms with Crippen molar-refractivity contribution in [1.29, 1.82) is 0 Å². The second kappa shape index (κ2) is 11.0. The topological polar surface area (TPSA) is 76.5 Å². The van der Waals surface area contributed by atoms with E-state index in [2.05, 4.69) is 45.1 Å². The fourth-order valence-corrected chi connectivity index (χ4v) is 5.86. The third kappa shape index (κ3) is 5.54. The Kier molecular flexibility index (Phi) is 7.97. The molecule has 2 heterocycles. The van der Waals surface area contributed by atoms with Gasteiger partial charge in [0.05, 0.1) is 29.5 Å². The summed E-state index contributed by atoms with van der Waals surface area (Å²) in [6.07, 6.45) is 0.827. The minimum absolute atomic E-state index is 0.0572. The highest BCUT2D eigenvalue weighted by atomic mass is 32.2. The van der Waals surface area contributed by atoms with Crippen molar-refractivity contribution in [2.45, 2.75) is 51.7 Å². The van der Waals surface area contributed by atoms with E-state index in [1.165, 1.54) is 0 Å². The number of carbonyl (C=O) groups is 2. The number of amides is 2. The summed E-state index contributed by atoms with van der Waals surface area (Å²) in [5.74, 6) is 1.37. The van der Waals surface area contributed by atoms with E-state index in [1.54, 1.807) is 23.8 Å². The zero-order chi connectivity index (χ0) is 26.7. The number of anilines is 1. The SMILES string of the molecule is CCCNC(=O)CN1C(=O)CS[C@H](c2ccccc2C)c2c(C(C)(C)C)nn(-c3ccc(OC)cc3)c21. The number of benzene rings is 2. The van der Waals surface area contributed by atoms with Crippen molar-refractivity contribution >= 4 is 29.4 Å². The molecule has 2 amide bonds. The van der Waals surface area contributed by atoms with Gasteiger partial charge in [-0.3, -0.25) is 14.5 Å². The number of aromatic nitrogens is 2. The maximum atomic E-state index is 13.7. The number of rotatable bonds is 7. The van der Waals surface area contributed by atoms with Gasteiger partial charge in [0.1, 0.15) is 18.1 Å². The molecule has 1 aromatic heterocycles. The van der Waals surface area contributed by atoms with Crippen LogP contribution in [0.2, 0.25) is 0 Å². The van der Waals surface area contributed by atoms with E-state index in [-0.39, 0.29) is 34.8 Å². The normalized spacial score (nSPS) is 15.8. The third-order valence-electron chi connectivity index (χ3n) is 6.46. The van der Waals surface area contributed by atoms with Crippen LogP contribution in [0.15, 0.2) is 48.5 Å². The molecule has 0 spiro atoms. The second-order valence-electron chi connectivity index (χ2n) is 10.3. The van der Waals surface area contributed by atoms with Gasteiger partial charge in [-0.25, -0.2) is 4.68 Å². The summed E-state index contributed by atoms with van der Waals surface area (Å²) in [4.78, 5) is 28.2. The van der Waals surface area contributed by atoms with Crippen LogP contribution in [-0.2, 0) is 15.0 Å². The molecule has 1 N–H and O–H groups in total. The zero-order valence-electron chi connectivity index (χ0n) is 22.5. The number of hydrogen-bond acceptors (Lipinski definition) is 5. The van der Waals surface area contributed by atoms with E-state index in [0.717, 1.165) is 40.2 Å². The lowest BCUT2D eigenvalue weighted by Gasteiger charge is -2.25. The molecule has 37 heavy (non-hydrogen) atoms. The Morgan fingerprint density at radius 2 is 1.86 bits per heavy atom. The van der Waals surface area contributed by atoms with Crippen molar-refractivity contribution in [2.75, 3.05) is 30.9 Å². The van der Waals surface area contributed by atoms with Crippen LogP contribution in [0.3, 0.4) is 0 Å². The van der Waals surface area contributed by atoms with Gasteiger partial charge in [0, 0.05) is 17.5 Å². The van der Waals surface area contributed by atoms with Crippen LogP contribution in [0.5, 0.6) is 5.75 Å². The number of aryl methyl sites for hydroxylation is 1. The molecule has 0 aliphatic carbocycles. The van der Waals surface area contributed by atoms with Gasteiger partial charge in [0.25, 0.3) is 0 Å². The van der Waals surface area contributed by atoms with E-state index in [4.69, 9.17) is 9.84 Å². The molecule has 0 radical (unpaired) electrons. The molecule has 1 aliphatic heterocycles. The lowest BCUT2D eigenvalue weighted by atomic mass is 9.86. The predicted octanol–water partition coefficient (Wildman–Crippen LogP) is 5.18. The van der Waals surface area contributed by atoms with E-state index >= 15 is 0 Å². The Labute approximate surface area is 223 Å². The predicted molar refractivity (Wildman–Crippen MR) is 150 cm³/mol. The fourth-order valence-electron chi connectivity index (χ4n) is 4.57. The Morgan fingerprint density at radius 1 is 1.16 bits per heavy atom. The highest BCUT2D eigenvalue weighted by molar-refractivity contribution is 8.00. The van der Waals surface area contributed by atoms with Crippen molar-refractivity contribution < 1.29 is 14.3 Å². The summed E-state index contributed by atoms with van der Waals surface area (Å²) in [5, 5.41) is 7.95. The van der Waals surface area contributed by atoms with Crippen LogP contribution in [0.1, 0.15) is 61.7 Å². The Balaban J connectivity index is 2.00. The monoisotopic (exact) mass is 520 g/mol. The molecule has 1 atom stereocenters. The molecular weight excluding hydrogens is 484 g/mol. The lowest BCUT2D eigenvalue weighted by Crippen LogP contribution is -2.42. The summed E-state index contributed by atoms with van der Waals surface area (Å²) in [5.41, 5.74) is 4.70. The van der Waals surface area contributed by atoms with Gasteiger partial charge in [0.15, 0.2) is 0 Å². The zero-order valence-corrected chi connectivity index (χ0v) is 23.3. The number of nitrogens with one attached hydrogen (secondary N) is 1. The number of methoxy groups -OCH3 is 1. The van der Waals surface area contributed by atoms with Crippen LogP contribution < -0.4 is 15.0 Å². The van der Waals surface area contributed by atoms with Crippen molar-refractivity contribution in [3.05, 3.63) is 70.9 Å². The third-order valence-corrected chi connectivity index (χ3v) is 7.70. The number of ether oxygens (including phenoxy) is 1. The summed E-state index contributed by atoms with van der Waals surface area (Å²) >= 11 is 1.60. The van der Waals surface area contributed by atoms with Crippen molar-refractivity contribution in [2.24, 2.45) is 0 Å². The van der Waals surface area contributed by atoms with Crippen molar-refractivity contribution in [1.82, 2.24) is 15.1 Å². The first kappa shape index (κ1) is 26.8. The van der Waals surface area contributed by atoms with Crippen LogP contribution >= 0.6 is 11.8 Å². The standard InChI is InChI=1S/C29H36N4O3S/c1-7-16-30-23(34)17-32-24(35)18-37-26(22-11-9-8-10-19(22)2)25-27(29(3,4)5)31-33(28(25)32)20-12-14-21(36-6)15-13-20/h8-15,26H,7,16-18H2,1-6H3,(H,30,34)/t26-/m1/s1. The van der Waals surface area contributed by atoms with Crippen LogP contribution in [-0.4, -0.2) is 47.5 Å². The van der Waals surface area contributed by atoms with Gasteiger partial charge in [-0.05, 0) is 48.7 Å². The van der Waals surface area contributed by atoms with Crippen LogP contribution in [0.4, 0.5) is 5.82 Å². The molecule has 7 nitrogen and oxygen atoms in total. The average molecular weight is 521 g/mol. The molecule has 196 valence electrons. The first-order chi connectivity index (χ1) is 17.7. The Morgan fingerprint density at radius 3 is 2.49 bits per heavy atom. The van der Waals surface area contributed by atoms with Gasteiger partial charge >= 0.3 is 0 Å². The summed E-state index contributed by atoms with van der Waals surface area (Å²) in [6.45, 7) is 11.0. The Hall–Kier alpha value is -3.26. The van der Waals surface area contributed by atoms with Crippen molar-refractivity contribution in [3.8, 4) is 11.4 Å². The first-order valence-electron chi connectivity index (χ1n) is 12.7. The fraction of sp³-hybridized carbons (Fsp3) is 0.414. The number of fused-ring (bicyclic) bond motifs is 1. The maximum Gasteiger partial charge on any atom is 0.240 e. The van der Waals surface area contributed by atoms with Gasteiger partial charge in [-0.15, -0.1) is 11.8 Å². The number of hydrogen-bond donors (Lipinski definition) is 1. The molecule has 0 unspecified atom stereocenters. The molecular formula is C29H36N4O3S. The highest BCUT2D eigenvalue weighted by Gasteiger charge is 2.40. The van der Waals surface area contributed by atoms with Crippen LogP contribution in [0.25, 0.3) is 5.69 Å². The Bertz CT molecular complexity index is 1280. The first-order valence-corrected chi connectivity index (χ1v) is 13.7. The van der Waals surface area contributed by atoms with Gasteiger partial charge in [0.2, 0.25) is 11.8 Å². The molecule has 0 saturated heterocycles. The highest BCUT2D eigenvalue weighted by Crippen LogP contribution is 2.49. The van der Waals surface area contributed by atoms with E-state index in [9.17, 15) is 9.59 Å². The van der Waals surface area contributed by atoms with Crippen molar-refractivity contribution in [3.63, 3.8) is 0 Å². The second-order valence-corrected chi connectivity index (χ2v) is 11.4. The van der Waals surface area contributed by atoms with Gasteiger partial charge in [-0.2, -0.15) is 5.10 Å². The molecule has 3 aromatic rings. The quantitative estimate of drug-likeness (QED) is 0.464. The molecule has 4 rings (SSSR count). The van der Waals surface area contributed by atoms with E-state index in [0.29, 0.717) is 12.4 Å². The lowest BCUT2D eigenvalue weighted by molar-refractivity contribution is -0.122. The molecule has 0 saturated carbocycles. The summed E-state index contributed by atoms with van der Waals surface area (Å²) < 4.78 is 7.19. The van der Waals surface area contributed by atoms with E-state index < -0.39 is 0 Å². The minimum Gasteiger partial charge on any atom is -0.497 e. The number of carbonyl (C=O) groups excluding carboxylic acids is 2. The molecule has 1 aliphatic rings. The molecule has 0 fully saturated rings. The molecule has 2 aromatic carbocycles. The van der Waals surface area contributed by atoms with Crippen LogP contribution in [0, 0.1) is 6.92 Å². The maximum absolute atomic E-state index is 13.7. The van der Waals surface area contributed by atoms with Gasteiger partial charge in [-0.1, -0.05) is 52.0 Å². The summed E-state index contributed by atoms with van der Waals surface area (Å²) in [6, 6.07) is 15.9. The summed E-state index contributed by atoms with van der Waals surface area (Å²) in [7, 11) is 1.63. The van der Waals surface area contributed by atoms with Gasteiger partial charge < -0.3 is 10.1 Å². The average Bonchev–Trinajstić information content (AvgIpc) is 3.22. The number of thioether (sulfide) groups is 1. The largest absolute Gasteiger partial charge is 0.497 e.